The average molecular weight is 395 g/mol. The summed E-state index contributed by atoms with van der Waals surface area (Å²) in [7, 11) is -1.76. The summed E-state index contributed by atoms with van der Waals surface area (Å²) in [4.78, 5) is 38.2. The number of carbonyl (C=O) groups excluding carboxylic acids is 3. The Balaban J connectivity index is 1.97. The van der Waals surface area contributed by atoms with Crippen molar-refractivity contribution in [2.24, 2.45) is 0 Å². The second-order valence-electron chi connectivity index (χ2n) is 6.57. The van der Waals surface area contributed by atoms with E-state index in [2.05, 4.69) is 5.32 Å². The van der Waals surface area contributed by atoms with Crippen LogP contribution in [0.3, 0.4) is 0 Å². The average Bonchev–Trinajstić information content (AvgIpc) is 2.86. The molecule has 0 fully saturated rings. The number of sulfonamides is 1. The van der Waals surface area contributed by atoms with Crippen LogP contribution in [0.25, 0.3) is 0 Å². The summed E-state index contributed by atoms with van der Waals surface area (Å²) in [6.45, 7) is 2.94. The molecular weight excluding hydrogens is 370 g/mol. The van der Waals surface area contributed by atoms with E-state index in [4.69, 9.17) is 0 Å². The third-order valence-corrected chi connectivity index (χ3v) is 5.78. The van der Waals surface area contributed by atoms with Gasteiger partial charge in [0, 0.05) is 32.2 Å². The molecule has 1 aliphatic heterocycles. The van der Waals surface area contributed by atoms with Crippen molar-refractivity contribution >= 4 is 27.7 Å². The molecule has 1 N–H and O–H groups in total. The number of amides is 3. The van der Waals surface area contributed by atoms with Gasteiger partial charge in [0.2, 0.25) is 10.0 Å². The van der Waals surface area contributed by atoms with E-state index >= 15 is 0 Å². The van der Waals surface area contributed by atoms with Crippen LogP contribution < -0.4 is 5.32 Å². The van der Waals surface area contributed by atoms with Crippen LogP contribution in [0.15, 0.2) is 18.2 Å². The lowest BCUT2D eigenvalue weighted by Crippen LogP contribution is -2.31. The van der Waals surface area contributed by atoms with Crippen molar-refractivity contribution in [2.75, 3.05) is 32.9 Å². The van der Waals surface area contributed by atoms with E-state index in [1.807, 2.05) is 6.92 Å². The van der Waals surface area contributed by atoms with Crippen LogP contribution in [0.1, 0.15) is 57.3 Å². The molecule has 0 unspecified atom stereocenters. The second kappa shape index (κ2) is 8.62. The molecule has 0 aromatic heterocycles. The van der Waals surface area contributed by atoms with Crippen LogP contribution in [0, 0.1) is 0 Å². The molecule has 0 saturated carbocycles. The molecule has 8 nitrogen and oxygen atoms in total. The van der Waals surface area contributed by atoms with Crippen LogP contribution in [-0.4, -0.2) is 68.3 Å². The van der Waals surface area contributed by atoms with Crippen LogP contribution in [0.5, 0.6) is 0 Å². The fraction of sp³-hybridized carbons (Fsp3) is 0.500. The topological polar surface area (TPSA) is 104 Å². The van der Waals surface area contributed by atoms with Crippen molar-refractivity contribution in [3.05, 3.63) is 34.9 Å². The van der Waals surface area contributed by atoms with Crippen molar-refractivity contribution in [2.45, 2.75) is 26.2 Å². The first-order chi connectivity index (χ1) is 12.7. The van der Waals surface area contributed by atoms with Crippen molar-refractivity contribution in [3.63, 3.8) is 0 Å². The molecule has 27 heavy (non-hydrogen) atoms. The Morgan fingerprint density at radius 2 is 1.81 bits per heavy atom. The Kier molecular flexibility index (Phi) is 6.72. The molecule has 2 rings (SSSR count). The number of unbranched alkanes of at least 4 members (excludes halogenated alkanes) is 1. The molecule has 1 heterocycles. The summed E-state index contributed by atoms with van der Waals surface area (Å²) in [5.74, 6) is -1.06. The number of rotatable bonds is 9. The Bertz CT molecular complexity index is 851. The van der Waals surface area contributed by atoms with Crippen molar-refractivity contribution in [1.29, 1.82) is 0 Å². The van der Waals surface area contributed by atoms with Gasteiger partial charge in [-0.2, -0.15) is 0 Å². The molecule has 3 amide bonds. The predicted molar refractivity (Wildman–Crippen MR) is 101 cm³/mol. The number of nitrogens with one attached hydrogen (secondary N) is 1. The van der Waals surface area contributed by atoms with E-state index in [0.29, 0.717) is 37.2 Å². The summed E-state index contributed by atoms with van der Waals surface area (Å²) >= 11 is 0. The van der Waals surface area contributed by atoms with Gasteiger partial charge in [0.1, 0.15) is 0 Å². The van der Waals surface area contributed by atoms with E-state index in [1.165, 1.54) is 34.5 Å². The van der Waals surface area contributed by atoms with Crippen molar-refractivity contribution < 1.29 is 22.8 Å². The molecule has 0 spiro atoms. The van der Waals surface area contributed by atoms with Crippen molar-refractivity contribution in [1.82, 2.24) is 14.5 Å². The fourth-order valence-corrected chi connectivity index (χ4v) is 3.18. The van der Waals surface area contributed by atoms with Crippen LogP contribution >= 0.6 is 0 Å². The number of benzene rings is 1. The zero-order chi connectivity index (χ0) is 20.2. The smallest absolute Gasteiger partial charge is 0.261 e. The minimum atomic E-state index is -3.24. The lowest BCUT2D eigenvalue weighted by Gasteiger charge is -2.13. The maximum absolute atomic E-state index is 12.4. The molecule has 0 radical (unpaired) electrons. The van der Waals surface area contributed by atoms with Gasteiger partial charge in [-0.25, -0.2) is 12.7 Å². The lowest BCUT2D eigenvalue weighted by atomic mass is 10.1. The summed E-state index contributed by atoms with van der Waals surface area (Å²) in [5.41, 5.74) is 0.867. The van der Waals surface area contributed by atoms with Gasteiger partial charge < -0.3 is 5.32 Å². The first-order valence-corrected chi connectivity index (χ1v) is 10.7. The van der Waals surface area contributed by atoms with Crippen molar-refractivity contribution in [3.8, 4) is 0 Å². The molecule has 1 aromatic carbocycles. The van der Waals surface area contributed by atoms with Gasteiger partial charge in [-0.05, 0) is 31.0 Å². The fourth-order valence-electron chi connectivity index (χ4n) is 2.72. The molecular formula is C18H25N3O5S. The summed E-state index contributed by atoms with van der Waals surface area (Å²) in [6.07, 6.45) is 3.19. The highest BCUT2D eigenvalue weighted by molar-refractivity contribution is 7.88. The number of imide groups is 1. The highest BCUT2D eigenvalue weighted by Crippen LogP contribution is 2.24. The largest absolute Gasteiger partial charge is 0.352 e. The minimum Gasteiger partial charge on any atom is -0.352 e. The molecule has 0 atom stereocenters. The summed E-state index contributed by atoms with van der Waals surface area (Å²) in [5, 5.41) is 2.70. The zero-order valence-corrected chi connectivity index (χ0v) is 16.6. The Labute approximate surface area is 159 Å². The van der Waals surface area contributed by atoms with E-state index in [-0.39, 0.29) is 23.3 Å². The number of fused-ring (bicyclic) bond motifs is 1. The molecule has 1 aliphatic rings. The maximum atomic E-state index is 12.4. The van der Waals surface area contributed by atoms with Gasteiger partial charge in [-0.3, -0.25) is 19.3 Å². The highest BCUT2D eigenvalue weighted by atomic mass is 32.2. The quantitative estimate of drug-likeness (QED) is 0.498. The number of hydrogen-bond donors (Lipinski definition) is 1. The third kappa shape index (κ3) is 4.92. The van der Waals surface area contributed by atoms with Gasteiger partial charge in [-0.1, -0.05) is 13.3 Å². The molecule has 148 valence electrons. The van der Waals surface area contributed by atoms with Gasteiger partial charge in [-0.15, -0.1) is 0 Å². The second-order valence-corrected chi connectivity index (χ2v) is 8.66. The van der Waals surface area contributed by atoms with E-state index in [9.17, 15) is 22.8 Å². The Morgan fingerprint density at radius 3 is 2.44 bits per heavy atom. The maximum Gasteiger partial charge on any atom is 0.261 e. The van der Waals surface area contributed by atoms with E-state index in [0.717, 1.165) is 19.1 Å². The van der Waals surface area contributed by atoms with Gasteiger partial charge in [0.25, 0.3) is 17.7 Å². The molecule has 0 bridgehead atoms. The Hall–Kier alpha value is -2.26. The number of hydrogen-bond acceptors (Lipinski definition) is 5. The first kappa shape index (κ1) is 21.0. The first-order valence-electron chi connectivity index (χ1n) is 8.86. The van der Waals surface area contributed by atoms with Gasteiger partial charge in [0.15, 0.2) is 0 Å². The van der Waals surface area contributed by atoms with Crippen LogP contribution in [0.4, 0.5) is 0 Å². The predicted octanol–water partition coefficient (Wildman–Crippen LogP) is 1.09. The molecule has 0 aliphatic carbocycles. The molecule has 9 heteroatoms. The number of carbonyl (C=O) groups is 3. The zero-order valence-electron chi connectivity index (χ0n) is 15.8. The molecule has 1 aromatic rings. The van der Waals surface area contributed by atoms with Crippen LogP contribution in [-0.2, 0) is 10.0 Å². The normalized spacial score (nSPS) is 14.0. The third-order valence-electron chi connectivity index (χ3n) is 4.47. The van der Waals surface area contributed by atoms with E-state index < -0.39 is 10.0 Å². The Morgan fingerprint density at radius 1 is 1.15 bits per heavy atom. The SMILES string of the molecule is CCCCN1C(=O)c2ccc(C(=O)NCCCN(C)S(C)(=O)=O)cc2C1=O. The van der Waals surface area contributed by atoms with Gasteiger partial charge in [0.05, 0.1) is 17.4 Å². The standard InChI is InChI=1S/C18H25N3O5S/c1-4-5-11-21-17(23)14-8-7-13(12-15(14)18(21)24)16(22)19-9-6-10-20(2)27(3,25)26/h7-8,12H,4-6,9-11H2,1-3H3,(H,19,22). The number of nitrogens with zero attached hydrogens (tertiary/aromatic N) is 2. The van der Waals surface area contributed by atoms with Gasteiger partial charge >= 0.3 is 0 Å². The lowest BCUT2D eigenvalue weighted by molar-refractivity contribution is 0.0652. The summed E-state index contributed by atoms with van der Waals surface area (Å²) < 4.78 is 23.8. The highest BCUT2D eigenvalue weighted by Gasteiger charge is 2.35. The van der Waals surface area contributed by atoms with Crippen LogP contribution in [0.2, 0.25) is 0 Å². The van der Waals surface area contributed by atoms with E-state index in [1.54, 1.807) is 0 Å². The molecule has 0 saturated heterocycles. The monoisotopic (exact) mass is 395 g/mol. The minimum absolute atomic E-state index is 0.251. The summed E-state index contributed by atoms with van der Waals surface area (Å²) in [6, 6.07) is 4.47.